The molecule has 4 nitrogen and oxygen atoms in total. The van der Waals surface area contributed by atoms with Gasteiger partial charge in [-0.3, -0.25) is 14.6 Å². The number of allylic oxidation sites excluding steroid dienone is 1. The van der Waals surface area contributed by atoms with Gasteiger partial charge in [-0.05, 0) is 23.3 Å². The summed E-state index contributed by atoms with van der Waals surface area (Å²) in [7, 11) is 1.30. The molecule has 0 spiro atoms. The standard InChI is InChI=1S/C20H17NO3/c1-24-18(22)14-20(12-5-13-21-20)19(23)17-10-8-16(9-11-17)15-6-3-2-4-7-15/h2-13H,14H2,1H3. The van der Waals surface area contributed by atoms with Crippen LogP contribution in [0.2, 0.25) is 0 Å². The summed E-state index contributed by atoms with van der Waals surface area (Å²) in [5.41, 5.74) is 1.43. The van der Waals surface area contributed by atoms with Crippen LogP contribution in [0.1, 0.15) is 16.8 Å². The number of hydrogen-bond acceptors (Lipinski definition) is 4. The van der Waals surface area contributed by atoms with E-state index in [9.17, 15) is 9.59 Å². The molecular weight excluding hydrogens is 302 g/mol. The highest BCUT2D eigenvalue weighted by Gasteiger charge is 2.39. The highest BCUT2D eigenvalue weighted by atomic mass is 16.5. The molecule has 0 aromatic heterocycles. The van der Waals surface area contributed by atoms with Crippen molar-refractivity contribution in [3.05, 3.63) is 72.3 Å². The second-order valence-corrected chi connectivity index (χ2v) is 5.59. The fraction of sp³-hybridized carbons (Fsp3) is 0.150. The minimum atomic E-state index is -1.19. The molecular formula is C20H17NO3. The number of nitrogens with zero attached hydrogens (tertiary/aromatic N) is 1. The number of rotatable bonds is 5. The topological polar surface area (TPSA) is 55.7 Å². The van der Waals surface area contributed by atoms with E-state index in [-0.39, 0.29) is 12.2 Å². The molecule has 2 aromatic rings. The summed E-state index contributed by atoms with van der Waals surface area (Å²) in [5.74, 6) is -0.675. The highest BCUT2D eigenvalue weighted by Crippen LogP contribution is 2.28. The van der Waals surface area contributed by atoms with Gasteiger partial charge in [-0.25, -0.2) is 0 Å². The number of Topliss-reactive ketones (excluding diaryl/α,β-unsaturated/α-hetero) is 1. The van der Waals surface area contributed by atoms with Crippen molar-refractivity contribution in [1.29, 1.82) is 0 Å². The van der Waals surface area contributed by atoms with E-state index in [1.54, 1.807) is 30.5 Å². The first-order valence-electron chi connectivity index (χ1n) is 7.65. The molecule has 24 heavy (non-hydrogen) atoms. The van der Waals surface area contributed by atoms with E-state index in [0.717, 1.165) is 11.1 Å². The normalized spacial score (nSPS) is 18.5. The maximum absolute atomic E-state index is 12.9. The fourth-order valence-electron chi connectivity index (χ4n) is 2.73. The van der Waals surface area contributed by atoms with Gasteiger partial charge in [0.2, 0.25) is 0 Å². The molecule has 0 bridgehead atoms. The van der Waals surface area contributed by atoms with Crippen molar-refractivity contribution < 1.29 is 14.3 Å². The van der Waals surface area contributed by atoms with E-state index >= 15 is 0 Å². The first kappa shape index (κ1) is 15.9. The minimum absolute atomic E-state index is 0.101. The third-order valence-corrected chi connectivity index (χ3v) is 4.05. The number of hydrogen-bond donors (Lipinski definition) is 0. The third-order valence-electron chi connectivity index (χ3n) is 4.05. The molecule has 1 atom stereocenters. The van der Waals surface area contributed by atoms with E-state index in [4.69, 9.17) is 4.74 Å². The molecule has 1 unspecified atom stereocenters. The molecule has 2 aromatic carbocycles. The Morgan fingerprint density at radius 1 is 1.00 bits per heavy atom. The molecule has 4 heteroatoms. The van der Waals surface area contributed by atoms with Gasteiger partial charge in [-0.2, -0.15) is 0 Å². The van der Waals surface area contributed by atoms with Crippen molar-refractivity contribution >= 4 is 18.0 Å². The van der Waals surface area contributed by atoms with Gasteiger partial charge in [-0.15, -0.1) is 0 Å². The van der Waals surface area contributed by atoms with E-state index < -0.39 is 11.5 Å². The number of benzene rings is 2. The Bertz CT molecular complexity index is 793. The lowest BCUT2D eigenvalue weighted by Gasteiger charge is -2.21. The van der Waals surface area contributed by atoms with Gasteiger partial charge in [0.05, 0.1) is 13.5 Å². The Hall–Kier alpha value is -3.01. The van der Waals surface area contributed by atoms with Gasteiger partial charge >= 0.3 is 5.97 Å². The summed E-state index contributed by atoms with van der Waals surface area (Å²) in [6.45, 7) is 0. The van der Waals surface area contributed by atoms with Crippen LogP contribution in [-0.4, -0.2) is 30.6 Å². The molecule has 0 saturated carbocycles. The Kier molecular flexibility index (Phi) is 4.38. The van der Waals surface area contributed by atoms with Crippen LogP contribution in [0.15, 0.2) is 71.7 Å². The molecule has 0 aliphatic carbocycles. The summed E-state index contributed by atoms with van der Waals surface area (Å²) in [6.07, 6.45) is 4.77. The summed E-state index contributed by atoms with van der Waals surface area (Å²) in [4.78, 5) is 28.8. The van der Waals surface area contributed by atoms with Gasteiger partial charge in [0.15, 0.2) is 11.3 Å². The molecule has 0 N–H and O–H groups in total. The van der Waals surface area contributed by atoms with Gasteiger partial charge in [-0.1, -0.05) is 54.6 Å². The van der Waals surface area contributed by atoms with Crippen LogP contribution in [0.3, 0.4) is 0 Å². The van der Waals surface area contributed by atoms with Gasteiger partial charge in [0, 0.05) is 11.8 Å². The Labute approximate surface area is 140 Å². The third kappa shape index (κ3) is 3.04. The molecule has 3 rings (SSSR count). The lowest BCUT2D eigenvalue weighted by Crippen LogP contribution is -2.36. The zero-order valence-electron chi connectivity index (χ0n) is 13.3. The van der Waals surface area contributed by atoms with Crippen LogP contribution in [0.25, 0.3) is 11.1 Å². The zero-order chi connectivity index (χ0) is 17.0. The minimum Gasteiger partial charge on any atom is -0.469 e. The molecule has 0 saturated heterocycles. The number of methoxy groups -OCH3 is 1. The quantitative estimate of drug-likeness (QED) is 0.626. The van der Waals surface area contributed by atoms with Gasteiger partial charge < -0.3 is 4.74 Å². The molecule has 120 valence electrons. The lowest BCUT2D eigenvalue weighted by atomic mass is 9.86. The predicted octanol–water partition coefficient (Wildman–Crippen LogP) is 3.48. The molecule has 1 aliphatic rings. The van der Waals surface area contributed by atoms with Crippen LogP contribution in [0.5, 0.6) is 0 Å². The SMILES string of the molecule is COC(=O)CC1(C(=O)c2ccc(-c3ccccc3)cc2)C=CC=N1. The maximum Gasteiger partial charge on any atom is 0.308 e. The second-order valence-electron chi connectivity index (χ2n) is 5.59. The Morgan fingerprint density at radius 2 is 1.67 bits per heavy atom. The Morgan fingerprint density at radius 3 is 2.25 bits per heavy atom. The maximum atomic E-state index is 12.9. The highest BCUT2D eigenvalue weighted by molar-refractivity contribution is 6.09. The van der Waals surface area contributed by atoms with Crippen molar-refractivity contribution in [1.82, 2.24) is 0 Å². The van der Waals surface area contributed by atoms with Crippen molar-refractivity contribution in [2.75, 3.05) is 7.11 Å². The second kappa shape index (κ2) is 6.62. The van der Waals surface area contributed by atoms with Crippen LogP contribution in [0, 0.1) is 0 Å². The van der Waals surface area contributed by atoms with E-state index in [0.29, 0.717) is 5.56 Å². The molecule has 0 fully saturated rings. The smallest absolute Gasteiger partial charge is 0.308 e. The zero-order valence-corrected chi connectivity index (χ0v) is 13.3. The molecule has 1 heterocycles. The number of aliphatic imine (C=N–C) groups is 1. The molecule has 1 aliphatic heterocycles. The summed E-state index contributed by atoms with van der Waals surface area (Å²) in [6, 6.07) is 17.3. The van der Waals surface area contributed by atoms with Crippen LogP contribution < -0.4 is 0 Å². The Balaban J connectivity index is 1.88. The van der Waals surface area contributed by atoms with Crippen LogP contribution in [0.4, 0.5) is 0 Å². The number of carbonyl (C=O) groups excluding carboxylic acids is 2. The number of esters is 1. The van der Waals surface area contributed by atoms with E-state index in [1.165, 1.54) is 7.11 Å². The molecule has 0 amide bonds. The average Bonchev–Trinajstić information content (AvgIpc) is 3.11. The summed E-state index contributed by atoms with van der Waals surface area (Å²) in [5, 5.41) is 0. The predicted molar refractivity (Wildman–Crippen MR) is 93.2 cm³/mol. The fourth-order valence-corrected chi connectivity index (χ4v) is 2.73. The molecule has 0 radical (unpaired) electrons. The monoisotopic (exact) mass is 319 g/mol. The van der Waals surface area contributed by atoms with Crippen LogP contribution in [-0.2, 0) is 9.53 Å². The van der Waals surface area contributed by atoms with Gasteiger partial charge in [0.1, 0.15) is 0 Å². The first-order valence-corrected chi connectivity index (χ1v) is 7.65. The average molecular weight is 319 g/mol. The van der Waals surface area contributed by atoms with Gasteiger partial charge in [0.25, 0.3) is 0 Å². The lowest BCUT2D eigenvalue weighted by molar-refractivity contribution is -0.141. The number of ether oxygens (including phenoxy) is 1. The first-order chi connectivity index (χ1) is 11.6. The summed E-state index contributed by atoms with van der Waals surface area (Å²) < 4.78 is 4.70. The van der Waals surface area contributed by atoms with Crippen molar-refractivity contribution in [3.63, 3.8) is 0 Å². The summed E-state index contributed by atoms with van der Waals surface area (Å²) >= 11 is 0. The van der Waals surface area contributed by atoms with Crippen molar-refractivity contribution in [3.8, 4) is 11.1 Å². The van der Waals surface area contributed by atoms with E-state index in [2.05, 4.69) is 4.99 Å². The number of ketones is 1. The largest absolute Gasteiger partial charge is 0.469 e. The van der Waals surface area contributed by atoms with Crippen molar-refractivity contribution in [2.24, 2.45) is 4.99 Å². The van der Waals surface area contributed by atoms with Crippen LogP contribution >= 0.6 is 0 Å². The van der Waals surface area contributed by atoms with E-state index in [1.807, 2.05) is 42.5 Å². The number of carbonyl (C=O) groups is 2. The van der Waals surface area contributed by atoms with Crippen molar-refractivity contribution in [2.45, 2.75) is 12.0 Å².